The number of hydrogen-bond acceptors (Lipinski definition) is 2. The average molecular weight is 306 g/mol. The highest BCUT2D eigenvalue weighted by molar-refractivity contribution is 5.63. The molecule has 0 aliphatic heterocycles. The van der Waals surface area contributed by atoms with Gasteiger partial charge in [0.1, 0.15) is 0 Å². The van der Waals surface area contributed by atoms with Crippen molar-refractivity contribution >= 4 is 0 Å². The third-order valence-corrected chi connectivity index (χ3v) is 4.68. The summed E-state index contributed by atoms with van der Waals surface area (Å²) >= 11 is 0. The fraction of sp³-hybridized carbons (Fsp3) is 0.263. The smallest absolute Gasteiger partial charge is 0.267 e. The van der Waals surface area contributed by atoms with Crippen molar-refractivity contribution in [3.05, 3.63) is 91.0 Å². The molecule has 5 rings (SSSR count). The number of rotatable bonds is 2. The van der Waals surface area contributed by atoms with E-state index >= 15 is 0 Å². The zero-order chi connectivity index (χ0) is 16.1. The molecule has 0 spiro atoms. The maximum atomic E-state index is 12.4. The van der Waals surface area contributed by atoms with Crippen molar-refractivity contribution in [3.8, 4) is 0 Å². The second-order valence-electron chi connectivity index (χ2n) is 6.54. The van der Waals surface area contributed by atoms with Crippen LogP contribution < -0.4 is 11.1 Å². The van der Waals surface area contributed by atoms with Crippen molar-refractivity contribution in [2.45, 2.75) is 25.7 Å². The lowest BCUT2D eigenvalue weighted by molar-refractivity contribution is 0.729. The zero-order valence-corrected chi connectivity index (χ0v) is 13.1. The summed E-state index contributed by atoms with van der Waals surface area (Å²) in [6.45, 7) is 4.25. The van der Waals surface area contributed by atoms with Gasteiger partial charge < -0.3 is 0 Å². The average Bonchev–Trinajstić information content (AvgIpc) is 2.56. The van der Waals surface area contributed by atoms with Crippen LogP contribution in [0, 0.1) is 5.92 Å². The summed E-state index contributed by atoms with van der Waals surface area (Å²) in [6.07, 6.45) is 6.36. The van der Waals surface area contributed by atoms with E-state index in [1.165, 1.54) is 0 Å². The van der Waals surface area contributed by atoms with Crippen LogP contribution >= 0.6 is 0 Å². The van der Waals surface area contributed by atoms with E-state index < -0.39 is 0 Å². The summed E-state index contributed by atoms with van der Waals surface area (Å²) in [5, 5.41) is 4.95. The van der Waals surface area contributed by atoms with Crippen LogP contribution in [0.1, 0.15) is 47.9 Å². The Labute approximate surface area is 133 Å². The van der Waals surface area contributed by atoms with E-state index in [1.54, 1.807) is 0 Å². The molecule has 2 atom stereocenters. The van der Waals surface area contributed by atoms with Crippen molar-refractivity contribution < 1.29 is 0 Å². The minimum Gasteiger partial charge on any atom is -0.268 e. The summed E-state index contributed by atoms with van der Waals surface area (Å²) in [6, 6.07) is 8.09. The van der Waals surface area contributed by atoms with Crippen molar-refractivity contribution in [1.82, 2.24) is 10.2 Å². The Morgan fingerprint density at radius 2 is 1.65 bits per heavy atom. The second kappa shape index (κ2) is 4.95. The molecule has 2 bridgehead atoms. The molecule has 4 heteroatoms. The Hall–Kier alpha value is -2.62. The molecular formula is C19H18N2O2. The number of H-pyrrole nitrogens is 2. The van der Waals surface area contributed by atoms with Gasteiger partial charge in [0, 0.05) is 23.0 Å². The van der Waals surface area contributed by atoms with Gasteiger partial charge in [0.2, 0.25) is 0 Å². The molecule has 23 heavy (non-hydrogen) atoms. The topological polar surface area (TPSA) is 65.7 Å². The standard InChI is InChI=1S/C19H18N2O2/c1-10(2)7-8-11-9-14-12-5-3-4-6-13(12)15(11)17-16(14)18(22)20-21-19(17)23/h3-10,14-15H,1-2H3,(H,20,22)(H,21,23)/b8-7-. The van der Waals surface area contributed by atoms with Crippen LogP contribution in [0.2, 0.25) is 0 Å². The minimum absolute atomic E-state index is 0.149. The molecule has 1 heterocycles. The first kappa shape index (κ1) is 14.0. The number of benzene rings is 1. The quantitative estimate of drug-likeness (QED) is 0.896. The van der Waals surface area contributed by atoms with Crippen LogP contribution in [0.25, 0.3) is 0 Å². The summed E-state index contributed by atoms with van der Waals surface area (Å²) in [5.74, 6) is 0.125. The fourth-order valence-corrected chi connectivity index (χ4v) is 3.72. The van der Waals surface area contributed by atoms with Crippen LogP contribution in [0.3, 0.4) is 0 Å². The maximum Gasteiger partial charge on any atom is 0.267 e. The number of allylic oxidation sites excluding steroid dienone is 4. The third kappa shape index (κ3) is 1.98. The van der Waals surface area contributed by atoms with E-state index in [1.807, 2.05) is 12.1 Å². The molecule has 1 aromatic heterocycles. The van der Waals surface area contributed by atoms with Gasteiger partial charge >= 0.3 is 0 Å². The molecule has 1 aromatic carbocycles. The Bertz CT molecular complexity index is 960. The first-order chi connectivity index (χ1) is 11.1. The Kier molecular flexibility index (Phi) is 3.01. The number of aromatic amines is 2. The van der Waals surface area contributed by atoms with Crippen molar-refractivity contribution in [1.29, 1.82) is 0 Å². The lowest BCUT2D eigenvalue weighted by Gasteiger charge is -2.37. The SMILES string of the molecule is CC(C)/C=C\C1=CC2c3ccccc3C1c1c2c(=O)[nH][nH]c1=O. The van der Waals surface area contributed by atoms with Gasteiger partial charge in [0.15, 0.2) is 0 Å². The molecule has 0 saturated carbocycles. The highest BCUT2D eigenvalue weighted by atomic mass is 16.1. The van der Waals surface area contributed by atoms with E-state index in [9.17, 15) is 9.59 Å². The van der Waals surface area contributed by atoms with E-state index in [4.69, 9.17) is 0 Å². The highest BCUT2D eigenvalue weighted by Gasteiger charge is 2.40. The second-order valence-corrected chi connectivity index (χ2v) is 6.54. The zero-order valence-electron chi connectivity index (χ0n) is 13.1. The minimum atomic E-state index is -0.202. The fourth-order valence-electron chi connectivity index (χ4n) is 3.72. The van der Waals surface area contributed by atoms with E-state index in [0.717, 1.165) is 16.7 Å². The molecule has 2 N–H and O–H groups in total. The number of hydrogen-bond donors (Lipinski definition) is 2. The van der Waals surface area contributed by atoms with Crippen molar-refractivity contribution in [2.24, 2.45) is 5.92 Å². The van der Waals surface area contributed by atoms with Gasteiger partial charge in [-0.2, -0.15) is 0 Å². The Morgan fingerprint density at radius 3 is 2.35 bits per heavy atom. The molecule has 0 saturated heterocycles. The first-order valence-corrected chi connectivity index (χ1v) is 7.91. The molecular weight excluding hydrogens is 288 g/mol. The number of aromatic nitrogens is 2. The third-order valence-electron chi connectivity index (χ3n) is 4.68. The molecule has 0 radical (unpaired) electrons. The van der Waals surface area contributed by atoms with Crippen LogP contribution in [-0.4, -0.2) is 10.2 Å². The molecule has 0 fully saturated rings. The van der Waals surface area contributed by atoms with Gasteiger partial charge in [-0.1, -0.05) is 56.3 Å². The van der Waals surface area contributed by atoms with Crippen LogP contribution in [-0.2, 0) is 0 Å². The summed E-state index contributed by atoms with van der Waals surface area (Å²) in [7, 11) is 0. The van der Waals surface area contributed by atoms with Gasteiger partial charge in [0.05, 0.1) is 0 Å². The molecule has 4 nitrogen and oxygen atoms in total. The monoisotopic (exact) mass is 306 g/mol. The molecule has 3 aliphatic rings. The lowest BCUT2D eigenvalue weighted by Crippen LogP contribution is -2.37. The van der Waals surface area contributed by atoms with Gasteiger partial charge in [-0.25, -0.2) is 0 Å². The molecule has 116 valence electrons. The largest absolute Gasteiger partial charge is 0.268 e. The van der Waals surface area contributed by atoms with Crippen LogP contribution in [0.15, 0.2) is 57.7 Å². The van der Waals surface area contributed by atoms with E-state index in [0.29, 0.717) is 17.0 Å². The van der Waals surface area contributed by atoms with Gasteiger partial charge in [-0.3, -0.25) is 19.8 Å². The maximum absolute atomic E-state index is 12.4. The van der Waals surface area contributed by atoms with Gasteiger partial charge in [0.25, 0.3) is 11.1 Å². The van der Waals surface area contributed by atoms with Crippen LogP contribution in [0.5, 0.6) is 0 Å². The van der Waals surface area contributed by atoms with Crippen molar-refractivity contribution in [2.75, 3.05) is 0 Å². The summed E-state index contributed by atoms with van der Waals surface area (Å²) in [4.78, 5) is 24.7. The Balaban J connectivity index is 2.01. The first-order valence-electron chi connectivity index (χ1n) is 7.91. The summed E-state index contributed by atoms with van der Waals surface area (Å²) in [5.41, 5.74) is 4.16. The number of nitrogens with one attached hydrogen (secondary N) is 2. The van der Waals surface area contributed by atoms with Crippen LogP contribution in [0.4, 0.5) is 0 Å². The van der Waals surface area contributed by atoms with E-state index in [2.05, 4.69) is 54.4 Å². The normalized spacial score (nSPS) is 21.4. The van der Waals surface area contributed by atoms with E-state index in [-0.39, 0.29) is 23.0 Å². The predicted molar refractivity (Wildman–Crippen MR) is 89.9 cm³/mol. The molecule has 0 amide bonds. The predicted octanol–water partition coefficient (Wildman–Crippen LogP) is 2.79. The molecule has 3 aliphatic carbocycles. The summed E-state index contributed by atoms with van der Waals surface area (Å²) < 4.78 is 0. The van der Waals surface area contributed by atoms with Gasteiger partial charge in [-0.05, 0) is 22.6 Å². The molecule has 2 unspecified atom stereocenters. The Morgan fingerprint density at radius 1 is 1.00 bits per heavy atom. The lowest BCUT2D eigenvalue weighted by atomic mass is 9.65. The van der Waals surface area contributed by atoms with Gasteiger partial charge in [-0.15, -0.1) is 0 Å². The van der Waals surface area contributed by atoms with Crippen molar-refractivity contribution in [3.63, 3.8) is 0 Å². The highest BCUT2D eigenvalue weighted by Crippen LogP contribution is 2.49. The molecule has 2 aromatic rings.